The monoisotopic (exact) mass is 287 g/mol. The lowest BCUT2D eigenvalue weighted by Crippen LogP contribution is -2.40. The smallest absolute Gasteiger partial charge is 0.221 e. The Kier molecular flexibility index (Phi) is 4.56. The summed E-state index contributed by atoms with van der Waals surface area (Å²) in [7, 11) is 0. The third-order valence-corrected chi connectivity index (χ3v) is 4.54. The van der Waals surface area contributed by atoms with Crippen LogP contribution < -0.4 is 11.1 Å². The van der Waals surface area contributed by atoms with Gasteiger partial charge in [-0.2, -0.15) is 0 Å². The van der Waals surface area contributed by atoms with Crippen LogP contribution in [0, 0.1) is 5.92 Å². The van der Waals surface area contributed by atoms with E-state index in [-0.39, 0.29) is 18.0 Å². The summed E-state index contributed by atoms with van der Waals surface area (Å²) in [6.45, 7) is 2.96. The predicted molar refractivity (Wildman–Crippen MR) is 83.6 cm³/mol. The summed E-state index contributed by atoms with van der Waals surface area (Å²) in [4.78, 5) is 14.4. The van der Waals surface area contributed by atoms with Crippen molar-refractivity contribution in [1.29, 1.82) is 0 Å². The second-order valence-electron chi connectivity index (χ2n) is 6.48. The van der Waals surface area contributed by atoms with E-state index in [0.717, 1.165) is 26.1 Å². The highest BCUT2D eigenvalue weighted by atomic mass is 16.1. The Balaban J connectivity index is 1.40. The lowest BCUT2D eigenvalue weighted by molar-refractivity contribution is -0.122. The lowest BCUT2D eigenvalue weighted by atomic mass is 10.1. The molecule has 2 unspecified atom stereocenters. The van der Waals surface area contributed by atoms with Crippen LogP contribution in [-0.2, 0) is 11.3 Å². The van der Waals surface area contributed by atoms with Crippen molar-refractivity contribution in [3.8, 4) is 0 Å². The van der Waals surface area contributed by atoms with Gasteiger partial charge in [-0.25, -0.2) is 0 Å². The second kappa shape index (κ2) is 6.58. The van der Waals surface area contributed by atoms with Gasteiger partial charge >= 0.3 is 0 Å². The van der Waals surface area contributed by atoms with Crippen LogP contribution in [0.4, 0.5) is 0 Å². The molecule has 0 radical (unpaired) electrons. The van der Waals surface area contributed by atoms with Gasteiger partial charge in [0.2, 0.25) is 5.91 Å². The summed E-state index contributed by atoms with van der Waals surface area (Å²) in [5.74, 6) is 0.717. The Labute approximate surface area is 126 Å². The number of hydrogen-bond donors (Lipinski definition) is 2. The number of nitrogens with one attached hydrogen (secondary N) is 1. The van der Waals surface area contributed by atoms with Gasteiger partial charge in [-0.05, 0) is 30.7 Å². The first-order chi connectivity index (χ1) is 10.2. The van der Waals surface area contributed by atoms with E-state index in [9.17, 15) is 4.79 Å². The number of carbonyl (C=O) groups excluding carboxylic acids is 1. The zero-order chi connectivity index (χ0) is 14.7. The fourth-order valence-electron chi connectivity index (χ4n) is 3.13. The van der Waals surface area contributed by atoms with E-state index >= 15 is 0 Å². The molecule has 1 aromatic carbocycles. The molecular formula is C17H25N3O. The van der Waals surface area contributed by atoms with E-state index in [0.29, 0.717) is 12.3 Å². The van der Waals surface area contributed by atoms with Gasteiger partial charge in [0.25, 0.3) is 0 Å². The molecule has 0 bridgehead atoms. The minimum absolute atomic E-state index is 0.0619. The summed E-state index contributed by atoms with van der Waals surface area (Å²) in [6, 6.07) is 10.8. The van der Waals surface area contributed by atoms with Gasteiger partial charge in [0.15, 0.2) is 0 Å². The minimum atomic E-state index is 0.0619. The van der Waals surface area contributed by atoms with Gasteiger partial charge in [-0.15, -0.1) is 0 Å². The molecule has 2 atom stereocenters. The molecule has 4 heteroatoms. The average molecular weight is 287 g/mol. The first kappa shape index (κ1) is 14.5. The van der Waals surface area contributed by atoms with E-state index in [1.54, 1.807) is 0 Å². The number of benzene rings is 1. The summed E-state index contributed by atoms with van der Waals surface area (Å²) in [5.41, 5.74) is 7.35. The van der Waals surface area contributed by atoms with Crippen LogP contribution in [0.3, 0.4) is 0 Å². The Morgan fingerprint density at radius 2 is 2.05 bits per heavy atom. The molecule has 0 aromatic heterocycles. The maximum atomic E-state index is 12.0. The largest absolute Gasteiger partial charge is 0.352 e. The van der Waals surface area contributed by atoms with Crippen molar-refractivity contribution in [2.75, 3.05) is 13.1 Å². The van der Waals surface area contributed by atoms with E-state index in [1.165, 1.54) is 18.4 Å². The predicted octanol–water partition coefficient (Wildman–Crippen LogP) is 1.50. The number of hydrogen-bond acceptors (Lipinski definition) is 3. The van der Waals surface area contributed by atoms with Crippen molar-refractivity contribution >= 4 is 5.91 Å². The Bertz CT molecular complexity index is 472. The van der Waals surface area contributed by atoms with E-state index in [1.807, 2.05) is 6.07 Å². The van der Waals surface area contributed by atoms with Crippen LogP contribution in [0.1, 0.15) is 31.2 Å². The van der Waals surface area contributed by atoms with Gasteiger partial charge in [-0.3, -0.25) is 9.69 Å². The summed E-state index contributed by atoms with van der Waals surface area (Å²) < 4.78 is 0. The van der Waals surface area contributed by atoms with Crippen LogP contribution in [0.25, 0.3) is 0 Å². The first-order valence-electron chi connectivity index (χ1n) is 8.02. The van der Waals surface area contributed by atoms with E-state index in [4.69, 9.17) is 5.73 Å². The number of rotatable bonds is 6. The molecule has 1 saturated carbocycles. The molecule has 114 valence electrons. The molecule has 1 aliphatic carbocycles. The zero-order valence-electron chi connectivity index (χ0n) is 12.5. The highest BCUT2D eigenvalue weighted by Gasteiger charge is 2.31. The number of nitrogens with two attached hydrogens (primary N) is 1. The molecule has 21 heavy (non-hydrogen) atoms. The molecular weight excluding hydrogens is 262 g/mol. The average Bonchev–Trinajstić information content (AvgIpc) is 3.23. The third kappa shape index (κ3) is 4.29. The molecule has 3 N–H and O–H groups in total. The van der Waals surface area contributed by atoms with Crippen LogP contribution >= 0.6 is 0 Å². The normalized spacial score (nSPS) is 24.0. The summed E-state index contributed by atoms with van der Waals surface area (Å²) in [5, 5.41) is 3.15. The van der Waals surface area contributed by atoms with Crippen LogP contribution in [0.2, 0.25) is 0 Å². The fraction of sp³-hybridized carbons (Fsp3) is 0.588. The maximum absolute atomic E-state index is 12.0. The molecule has 1 heterocycles. The van der Waals surface area contributed by atoms with Crippen molar-refractivity contribution < 1.29 is 4.79 Å². The fourth-order valence-corrected chi connectivity index (χ4v) is 3.13. The van der Waals surface area contributed by atoms with Crippen molar-refractivity contribution in [2.45, 2.75) is 44.3 Å². The Morgan fingerprint density at radius 3 is 2.76 bits per heavy atom. The maximum Gasteiger partial charge on any atom is 0.221 e. The van der Waals surface area contributed by atoms with Crippen LogP contribution in [-0.4, -0.2) is 36.0 Å². The summed E-state index contributed by atoms with van der Waals surface area (Å²) in [6.07, 6.45) is 3.92. The minimum Gasteiger partial charge on any atom is -0.352 e. The molecule has 3 rings (SSSR count). The number of likely N-dealkylation sites (tertiary alicyclic amines) is 1. The molecule has 0 spiro atoms. The number of amides is 1. The standard InChI is InChI=1S/C17H25N3O/c18-16(14-6-7-14)10-17(21)19-15-8-9-20(12-15)11-13-4-2-1-3-5-13/h1-5,14-16H,6-12,18H2,(H,19,21). The van der Waals surface area contributed by atoms with Gasteiger partial charge < -0.3 is 11.1 Å². The van der Waals surface area contributed by atoms with E-state index < -0.39 is 0 Å². The van der Waals surface area contributed by atoms with Crippen LogP contribution in [0.5, 0.6) is 0 Å². The molecule has 2 fully saturated rings. The molecule has 4 nitrogen and oxygen atoms in total. The Morgan fingerprint density at radius 1 is 1.29 bits per heavy atom. The quantitative estimate of drug-likeness (QED) is 0.834. The first-order valence-corrected chi connectivity index (χ1v) is 8.02. The SMILES string of the molecule is NC(CC(=O)NC1CCN(Cc2ccccc2)C1)C1CC1. The number of carbonyl (C=O) groups is 1. The van der Waals surface area contributed by atoms with Gasteiger partial charge in [0.05, 0.1) is 0 Å². The third-order valence-electron chi connectivity index (χ3n) is 4.54. The zero-order valence-corrected chi connectivity index (χ0v) is 12.5. The second-order valence-corrected chi connectivity index (χ2v) is 6.48. The molecule has 1 aliphatic heterocycles. The van der Waals surface area contributed by atoms with Crippen LogP contribution in [0.15, 0.2) is 30.3 Å². The van der Waals surface area contributed by atoms with E-state index in [2.05, 4.69) is 34.5 Å². The lowest BCUT2D eigenvalue weighted by Gasteiger charge is -2.17. The summed E-state index contributed by atoms with van der Waals surface area (Å²) >= 11 is 0. The number of nitrogens with zero attached hydrogens (tertiary/aromatic N) is 1. The highest BCUT2D eigenvalue weighted by molar-refractivity contribution is 5.77. The Hall–Kier alpha value is -1.39. The molecule has 1 amide bonds. The van der Waals surface area contributed by atoms with Gasteiger partial charge in [0.1, 0.15) is 0 Å². The topological polar surface area (TPSA) is 58.4 Å². The van der Waals surface area contributed by atoms with Crippen molar-refractivity contribution in [3.63, 3.8) is 0 Å². The van der Waals surface area contributed by atoms with Gasteiger partial charge in [0, 0.05) is 38.1 Å². The molecule has 1 saturated heterocycles. The molecule has 1 aromatic rings. The van der Waals surface area contributed by atoms with Crippen molar-refractivity contribution in [2.24, 2.45) is 11.7 Å². The van der Waals surface area contributed by atoms with Crippen molar-refractivity contribution in [1.82, 2.24) is 10.2 Å². The highest BCUT2D eigenvalue weighted by Crippen LogP contribution is 2.32. The van der Waals surface area contributed by atoms with Gasteiger partial charge in [-0.1, -0.05) is 30.3 Å². The molecule has 2 aliphatic rings. The van der Waals surface area contributed by atoms with Crippen molar-refractivity contribution in [3.05, 3.63) is 35.9 Å².